The van der Waals surface area contributed by atoms with Crippen molar-refractivity contribution < 1.29 is 14.3 Å². The summed E-state index contributed by atoms with van der Waals surface area (Å²) in [4.78, 5) is 30.3. The van der Waals surface area contributed by atoms with Crippen LogP contribution in [0.5, 0.6) is 0 Å². The van der Waals surface area contributed by atoms with Crippen LogP contribution >= 0.6 is 0 Å². The standard InChI is InChI=1S/C27H30N2O3/c1-18(13-27(2)17-32-16-20-11-7-8-12-22(20)27)14-29-25(30)21-15-28(3)24(23(21)26(29)31)19-9-5-4-6-10-19/h4-12,21,23-24H,1,13-17H2,2-3H3/t21-,23-,24+,27+/m0/s1. The van der Waals surface area contributed by atoms with E-state index in [2.05, 4.69) is 36.6 Å². The smallest absolute Gasteiger partial charge is 0.235 e. The average Bonchev–Trinajstić information content (AvgIpc) is 3.24. The molecule has 0 N–H and O–H groups in total. The van der Waals surface area contributed by atoms with Gasteiger partial charge in [-0.1, -0.05) is 73.7 Å². The van der Waals surface area contributed by atoms with E-state index in [1.165, 1.54) is 16.0 Å². The second-order valence-corrected chi connectivity index (χ2v) is 9.83. The minimum atomic E-state index is -0.322. The van der Waals surface area contributed by atoms with Gasteiger partial charge < -0.3 is 4.74 Å². The minimum Gasteiger partial charge on any atom is -0.376 e. The van der Waals surface area contributed by atoms with Crippen LogP contribution < -0.4 is 0 Å². The molecule has 2 saturated heterocycles. The van der Waals surface area contributed by atoms with Crippen LogP contribution in [0.1, 0.15) is 36.1 Å². The SMILES string of the molecule is C=C(CN1C(=O)[C@H]2[C@H](CN(C)[C@@H]2c2ccccc2)C1=O)C[C@]1(C)COCc2ccccc21. The van der Waals surface area contributed by atoms with Gasteiger partial charge in [-0.3, -0.25) is 19.4 Å². The Morgan fingerprint density at radius 3 is 2.59 bits per heavy atom. The predicted molar refractivity (Wildman–Crippen MR) is 123 cm³/mol. The molecule has 0 unspecified atom stereocenters. The topological polar surface area (TPSA) is 49.9 Å². The maximum atomic E-state index is 13.4. The molecule has 3 aliphatic heterocycles. The molecule has 0 aromatic heterocycles. The second kappa shape index (κ2) is 7.98. The monoisotopic (exact) mass is 430 g/mol. The van der Waals surface area contributed by atoms with Gasteiger partial charge in [0.1, 0.15) is 0 Å². The molecule has 4 atom stereocenters. The predicted octanol–water partition coefficient (Wildman–Crippen LogP) is 3.71. The van der Waals surface area contributed by atoms with Gasteiger partial charge in [0.25, 0.3) is 0 Å². The lowest BCUT2D eigenvalue weighted by Crippen LogP contribution is -2.39. The Hall–Kier alpha value is -2.76. The molecule has 166 valence electrons. The molecule has 2 aromatic rings. The lowest BCUT2D eigenvalue weighted by molar-refractivity contribution is -0.140. The summed E-state index contributed by atoms with van der Waals surface area (Å²) in [7, 11) is 2.00. The van der Waals surface area contributed by atoms with Crippen LogP contribution in [-0.4, -0.2) is 48.4 Å². The molecule has 5 rings (SSSR count). The number of hydrogen-bond acceptors (Lipinski definition) is 4. The van der Waals surface area contributed by atoms with E-state index in [-0.39, 0.29) is 41.7 Å². The first kappa shape index (κ1) is 21.1. The van der Waals surface area contributed by atoms with Crippen LogP contribution in [0, 0.1) is 11.8 Å². The van der Waals surface area contributed by atoms with Crippen molar-refractivity contribution in [3.8, 4) is 0 Å². The molecule has 3 heterocycles. The largest absolute Gasteiger partial charge is 0.376 e. The molecule has 5 nitrogen and oxygen atoms in total. The van der Waals surface area contributed by atoms with E-state index in [0.29, 0.717) is 26.2 Å². The zero-order valence-electron chi connectivity index (χ0n) is 18.8. The van der Waals surface area contributed by atoms with E-state index in [1.54, 1.807) is 0 Å². The molecule has 5 heteroatoms. The molecule has 0 spiro atoms. The maximum Gasteiger partial charge on any atom is 0.235 e. The normalized spacial score (nSPS) is 29.8. The molecule has 32 heavy (non-hydrogen) atoms. The summed E-state index contributed by atoms with van der Waals surface area (Å²) in [5, 5.41) is 0. The summed E-state index contributed by atoms with van der Waals surface area (Å²) in [5.74, 6) is -0.724. The van der Waals surface area contributed by atoms with Crippen molar-refractivity contribution in [3.05, 3.63) is 83.4 Å². The molecule has 3 aliphatic rings. The number of rotatable bonds is 5. The van der Waals surface area contributed by atoms with E-state index in [1.807, 2.05) is 43.4 Å². The molecule has 0 radical (unpaired) electrons. The highest BCUT2D eigenvalue weighted by Crippen LogP contribution is 2.46. The maximum absolute atomic E-state index is 13.4. The van der Waals surface area contributed by atoms with E-state index < -0.39 is 0 Å². The third-order valence-corrected chi connectivity index (χ3v) is 7.38. The number of carbonyl (C=O) groups excluding carboxylic acids is 2. The molecule has 2 aromatic carbocycles. The highest BCUT2D eigenvalue weighted by molar-refractivity contribution is 6.06. The summed E-state index contributed by atoms with van der Waals surface area (Å²) in [6.45, 7) is 8.58. The Bertz CT molecular complexity index is 1070. The van der Waals surface area contributed by atoms with Gasteiger partial charge in [-0.05, 0) is 30.2 Å². The van der Waals surface area contributed by atoms with E-state index in [9.17, 15) is 9.59 Å². The van der Waals surface area contributed by atoms with E-state index >= 15 is 0 Å². The lowest BCUT2D eigenvalue weighted by atomic mass is 9.75. The van der Waals surface area contributed by atoms with Crippen LogP contribution in [0.4, 0.5) is 0 Å². The number of fused-ring (bicyclic) bond motifs is 2. The summed E-state index contributed by atoms with van der Waals surface area (Å²) in [5.41, 5.74) is 4.24. The molecule has 0 aliphatic carbocycles. The van der Waals surface area contributed by atoms with Gasteiger partial charge in [-0.15, -0.1) is 0 Å². The van der Waals surface area contributed by atoms with Crippen molar-refractivity contribution in [2.75, 3.05) is 26.7 Å². The number of benzene rings is 2. The van der Waals surface area contributed by atoms with Gasteiger partial charge in [0.2, 0.25) is 11.8 Å². The molecular weight excluding hydrogens is 400 g/mol. The van der Waals surface area contributed by atoms with Crippen molar-refractivity contribution >= 4 is 11.8 Å². The van der Waals surface area contributed by atoms with Crippen LogP contribution in [0.15, 0.2) is 66.7 Å². The van der Waals surface area contributed by atoms with Crippen LogP contribution in [0.25, 0.3) is 0 Å². The van der Waals surface area contributed by atoms with Crippen molar-refractivity contribution in [2.24, 2.45) is 11.8 Å². The number of hydrogen-bond donors (Lipinski definition) is 0. The van der Waals surface area contributed by atoms with Gasteiger partial charge >= 0.3 is 0 Å². The Balaban J connectivity index is 1.33. The fraction of sp³-hybridized carbons (Fsp3) is 0.407. The number of carbonyl (C=O) groups is 2. The molecule has 2 fully saturated rings. The van der Waals surface area contributed by atoms with E-state index in [0.717, 1.165) is 11.1 Å². The fourth-order valence-corrected chi connectivity index (χ4v) is 6.00. The van der Waals surface area contributed by atoms with E-state index in [4.69, 9.17) is 4.74 Å². The Morgan fingerprint density at radius 1 is 1.09 bits per heavy atom. The quantitative estimate of drug-likeness (QED) is 0.536. The first-order valence-electron chi connectivity index (χ1n) is 11.3. The molecular formula is C27H30N2O3. The summed E-state index contributed by atoms with van der Waals surface area (Å²) in [6.07, 6.45) is 0.679. The van der Waals surface area contributed by atoms with Crippen LogP contribution in [-0.2, 0) is 26.3 Å². The number of likely N-dealkylation sites (tertiary alicyclic amines) is 2. The Morgan fingerprint density at radius 2 is 1.81 bits per heavy atom. The number of amides is 2. The van der Waals surface area contributed by atoms with Gasteiger partial charge in [0.15, 0.2) is 0 Å². The van der Waals surface area contributed by atoms with Crippen molar-refractivity contribution in [3.63, 3.8) is 0 Å². The zero-order chi connectivity index (χ0) is 22.5. The molecule has 2 amide bonds. The number of imide groups is 1. The summed E-state index contributed by atoms with van der Waals surface area (Å²) in [6, 6.07) is 18.3. The highest BCUT2D eigenvalue weighted by Gasteiger charge is 2.56. The fourth-order valence-electron chi connectivity index (χ4n) is 6.00. The summed E-state index contributed by atoms with van der Waals surface area (Å²) >= 11 is 0. The first-order chi connectivity index (χ1) is 15.4. The first-order valence-corrected chi connectivity index (χ1v) is 11.3. The van der Waals surface area contributed by atoms with Crippen molar-refractivity contribution in [1.29, 1.82) is 0 Å². The Kier molecular flexibility index (Phi) is 5.26. The van der Waals surface area contributed by atoms with Crippen LogP contribution in [0.2, 0.25) is 0 Å². The van der Waals surface area contributed by atoms with Crippen molar-refractivity contribution in [2.45, 2.75) is 31.4 Å². The average molecular weight is 431 g/mol. The zero-order valence-corrected chi connectivity index (χ0v) is 18.8. The van der Waals surface area contributed by atoms with Gasteiger partial charge in [0, 0.05) is 24.5 Å². The third kappa shape index (κ3) is 3.40. The summed E-state index contributed by atoms with van der Waals surface area (Å²) < 4.78 is 5.87. The molecule has 0 bridgehead atoms. The van der Waals surface area contributed by atoms with Gasteiger partial charge in [-0.2, -0.15) is 0 Å². The lowest BCUT2D eigenvalue weighted by Gasteiger charge is -2.37. The number of nitrogens with zero attached hydrogens (tertiary/aromatic N) is 2. The number of ether oxygens (including phenoxy) is 1. The minimum absolute atomic E-state index is 0.0584. The third-order valence-electron chi connectivity index (χ3n) is 7.38. The van der Waals surface area contributed by atoms with Crippen LogP contribution in [0.3, 0.4) is 0 Å². The van der Waals surface area contributed by atoms with Gasteiger partial charge in [0.05, 0.1) is 25.0 Å². The Labute approximate surface area is 189 Å². The van der Waals surface area contributed by atoms with Crippen molar-refractivity contribution in [1.82, 2.24) is 9.80 Å². The highest BCUT2D eigenvalue weighted by atomic mass is 16.5. The van der Waals surface area contributed by atoms with Gasteiger partial charge in [-0.25, -0.2) is 0 Å². The second-order valence-electron chi connectivity index (χ2n) is 9.83. The molecule has 0 saturated carbocycles.